The third-order valence-corrected chi connectivity index (χ3v) is 5.56. The highest BCUT2D eigenvalue weighted by Gasteiger charge is 2.12. The van der Waals surface area contributed by atoms with Crippen molar-refractivity contribution >= 4 is 10.8 Å². The molecule has 0 amide bonds. The van der Waals surface area contributed by atoms with E-state index < -0.39 is 0 Å². The molecule has 5 heteroatoms. The van der Waals surface area contributed by atoms with E-state index in [0.717, 1.165) is 33.0 Å². The molecule has 0 fully saturated rings. The quantitative estimate of drug-likeness (QED) is 0.345. The maximum absolute atomic E-state index is 5.42. The van der Waals surface area contributed by atoms with Gasteiger partial charge in [0.25, 0.3) is 0 Å². The number of hydrogen-bond donors (Lipinski definition) is 0. The van der Waals surface area contributed by atoms with Crippen LogP contribution in [-0.2, 0) is 0 Å². The van der Waals surface area contributed by atoms with Gasteiger partial charge in [-0.05, 0) is 59.3 Å². The van der Waals surface area contributed by atoms with Crippen LogP contribution in [-0.4, -0.2) is 35.5 Å². The van der Waals surface area contributed by atoms with E-state index in [1.54, 1.807) is 35.5 Å². The molecule has 0 saturated carbocycles. The molecule has 0 N–H and O–H groups in total. The Labute approximate surface area is 211 Å². The maximum Gasteiger partial charge on any atom is 0.203 e. The van der Waals surface area contributed by atoms with Crippen molar-refractivity contribution < 1.29 is 23.7 Å². The molecule has 5 nitrogen and oxygen atoms in total. The second-order valence-electron chi connectivity index (χ2n) is 7.79. The fourth-order valence-corrected chi connectivity index (χ4v) is 3.72. The zero-order valence-corrected chi connectivity index (χ0v) is 20.9. The van der Waals surface area contributed by atoms with Crippen molar-refractivity contribution in [3.05, 3.63) is 89.0 Å². The van der Waals surface area contributed by atoms with Gasteiger partial charge in [0.1, 0.15) is 11.5 Å². The van der Waals surface area contributed by atoms with Gasteiger partial charge in [0.15, 0.2) is 11.5 Å². The minimum atomic E-state index is 0.542. The standard InChI is InChI=1S/C31H26O5/c1-32-27-16-23(17-28(20-27)33-2)8-6-21-10-12-26-15-22(11-13-25(26)14-21)7-9-24-18-29(34-3)31(36-5)30(19-24)35-4/h10-20H,1-5H3. The Kier molecular flexibility index (Phi) is 7.54. The van der Waals surface area contributed by atoms with Crippen LogP contribution in [0.15, 0.2) is 66.7 Å². The van der Waals surface area contributed by atoms with Gasteiger partial charge in [0.05, 0.1) is 35.5 Å². The Morgan fingerprint density at radius 2 is 0.861 bits per heavy atom. The van der Waals surface area contributed by atoms with Gasteiger partial charge in [-0.2, -0.15) is 0 Å². The Morgan fingerprint density at radius 1 is 0.417 bits per heavy atom. The summed E-state index contributed by atoms with van der Waals surface area (Å²) in [5.74, 6) is 15.9. The van der Waals surface area contributed by atoms with Crippen LogP contribution in [0.3, 0.4) is 0 Å². The van der Waals surface area contributed by atoms with Gasteiger partial charge in [-0.3, -0.25) is 0 Å². The average molecular weight is 479 g/mol. The molecule has 0 atom stereocenters. The fraction of sp³-hybridized carbons (Fsp3) is 0.161. The number of rotatable bonds is 5. The molecule has 0 saturated heterocycles. The summed E-state index contributed by atoms with van der Waals surface area (Å²) in [6, 6.07) is 21.5. The molecular formula is C31H26O5. The molecular weight excluding hydrogens is 452 g/mol. The first-order valence-electron chi connectivity index (χ1n) is 11.2. The summed E-state index contributed by atoms with van der Waals surface area (Å²) in [6.45, 7) is 0. The lowest BCUT2D eigenvalue weighted by Gasteiger charge is -2.12. The zero-order chi connectivity index (χ0) is 25.5. The Morgan fingerprint density at radius 3 is 1.28 bits per heavy atom. The number of benzene rings is 4. The SMILES string of the molecule is COc1cc(C#Cc2ccc3cc(C#Cc4cc(OC)c(OC)c(OC)c4)ccc3c2)cc(OC)c1. The van der Waals surface area contributed by atoms with E-state index in [9.17, 15) is 0 Å². The van der Waals surface area contributed by atoms with Gasteiger partial charge in [-0.15, -0.1) is 0 Å². The largest absolute Gasteiger partial charge is 0.497 e. The second-order valence-corrected chi connectivity index (χ2v) is 7.79. The van der Waals surface area contributed by atoms with Crippen LogP contribution in [0, 0.1) is 23.7 Å². The third-order valence-electron chi connectivity index (χ3n) is 5.56. The van der Waals surface area contributed by atoms with Crippen molar-refractivity contribution in [2.75, 3.05) is 35.5 Å². The van der Waals surface area contributed by atoms with Crippen molar-refractivity contribution in [1.82, 2.24) is 0 Å². The smallest absolute Gasteiger partial charge is 0.203 e. The first kappa shape index (κ1) is 24.4. The molecule has 0 aliphatic carbocycles. The van der Waals surface area contributed by atoms with E-state index in [0.29, 0.717) is 28.7 Å². The molecule has 4 aromatic carbocycles. The summed E-state index contributed by atoms with van der Waals surface area (Å²) in [5.41, 5.74) is 3.41. The van der Waals surface area contributed by atoms with Crippen LogP contribution in [0.25, 0.3) is 10.8 Å². The molecule has 4 rings (SSSR count). The molecule has 0 aromatic heterocycles. The zero-order valence-electron chi connectivity index (χ0n) is 20.9. The van der Waals surface area contributed by atoms with E-state index in [2.05, 4.69) is 41.9 Å². The Balaban J connectivity index is 1.60. The van der Waals surface area contributed by atoms with Gasteiger partial charge >= 0.3 is 0 Å². The van der Waals surface area contributed by atoms with Gasteiger partial charge in [-0.25, -0.2) is 0 Å². The second kappa shape index (κ2) is 11.1. The number of ether oxygens (including phenoxy) is 5. The van der Waals surface area contributed by atoms with Gasteiger partial charge in [0, 0.05) is 28.3 Å². The Hall–Kier alpha value is -4.74. The van der Waals surface area contributed by atoms with Crippen LogP contribution in [0.5, 0.6) is 28.7 Å². The van der Waals surface area contributed by atoms with Crippen LogP contribution in [0.2, 0.25) is 0 Å². The average Bonchev–Trinajstić information content (AvgIpc) is 2.93. The molecule has 36 heavy (non-hydrogen) atoms. The molecule has 0 spiro atoms. The summed E-state index contributed by atoms with van der Waals surface area (Å²) >= 11 is 0. The van der Waals surface area contributed by atoms with Crippen LogP contribution >= 0.6 is 0 Å². The molecule has 0 heterocycles. The highest BCUT2D eigenvalue weighted by molar-refractivity contribution is 5.85. The van der Waals surface area contributed by atoms with Gasteiger partial charge in [0.2, 0.25) is 5.75 Å². The summed E-state index contributed by atoms with van der Waals surface area (Å²) < 4.78 is 26.9. The molecule has 180 valence electrons. The van der Waals surface area contributed by atoms with Gasteiger partial charge < -0.3 is 23.7 Å². The Bertz CT molecular complexity index is 1480. The van der Waals surface area contributed by atoms with E-state index >= 15 is 0 Å². The summed E-state index contributed by atoms with van der Waals surface area (Å²) in [4.78, 5) is 0. The summed E-state index contributed by atoms with van der Waals surface area (Å²) in [7, 11) is 8.00. The van der Waals surface area contributed by atoms with Crippen molar-refractivity contribution in [2.24, 2.45) is 0 Å². The van der Waals surface area contributed by atoms with Crippen molar-refractivity contribution in [1.29, 1.82) is 0 Å². The van der Waals surface area contributed by atoms with Crippen molar-refractivity contribution in [3.63, 3.8) is 0 Å². The lowest BCUT2D eigenvalue weighted by Crippen LogP contribution is -1.95. The van der Waals surface area contributed by atoms with E-state index in [-0.39, 0.29) is 0 Å². The normalized spacial score (nSPS) is 9.92. The molecule has 0 radical (unpaired) electrons. The third kappa shape index (κ3) is 5.49. The number of methoxy groups -OCH3 is 5. The van der Waals surface area contributed by atoms with Gasteiger partial charge in [-0.1, -0.05) is 35.8 Å². The number of fused-ring (bicyclic) bond motifs is 1. The van der Waals surface area contributed by atoms with E-state index in [4.69, 9.17) is 23.7 Å². The van der Waals surface area contributed by atoms with E-state index in [1.807, 2.05) is 48.5 Å². The van der Waals surface area contributed by atoms with E-state index in [1.165, 1.54) is 0 Å². The fourth-order valence-electron chi connectivity index (χ4n) is 3.72. The predicted molar refractivity (Wildman–Crippen MR) is 142 cm³/mol. The molecule has 0 aliphatic heterocycles. The topological polar surface area (TPSA) is 46.2 Å². The lowest BCUT2D eigenvalue weighted by molar-refractivity contribution is 0.324. The first-order chi connectivity index (χ1) is 17.6. The predicted octanol–water partition coefficient (Wildman–Crippen LogP) is 5.68. The molecule has 0 bridgehead atoms. The number of hydrogen-bond acceptors (Lipinski definition) is 5. The first-order valence-corrected chi connectivity index (χ1v) is 11.2. The molecule has 0 aliphatic rings. The van der Waals surface area contributed by atoms with Crippen LogP contribution in [0.4, 0.5) is 0 Å². The minimum Gasteiger partial charge on any atom is -0.497 e. The highest BCUT2D eigenvalue weighted by atomic mass is 16.5. The monoisotopic (exact) mass is 478 g/mol. The summed E-state index contributed by atoms with van der Waals surface area (Å²) in [6.07, 6.45) is 0. The lowest BCUT2D eigenvalue weighted by atomic mass is 10.0. The van der Waals surface area contributed by atoms with Crippen LogP contribution in [0.1, 0.15) is 22.3 Å². The van der Waals surface area contributed by atoms with Crippen molar-refractivity contribution in [2.45, 2.75) is 0 Å². The molecule has 4 aromatic rings. The highest BCUT2D eigenvalue weighted by Crippen LogP contribution is 2.38. The van der Waals surface area contributed by atoms with Crippen molar-refractivity contribution in [3.8, 4) is 52.4 Å². The molecule has 0 unspecified atom stereocenters. The van der Waals surface area contributed by atoms with Crippen LogP contribution < -0.4 is 23.7 Å². The minimum absolute atomic E-state index is 0.542. The summed E-state index contributed by atoms with van der Waals surface area (Å²) in [5, 5.41) is 2.17. The maximum atomic E-state index is 5.42.